The molecule has 2 N–H and O–H groups in total. The standard InChI is InChI=1S/C15H19FN2O2.ClH/c1-9-14(17-6-7-20-9)15(19)18-13-5-2-10-8-11(16)3-4-12(10)13;/h3-4,8-9,13-14,17H,2,5-7H2,1H3,(H,18,19);1H/t9-,13?,14+;/m1./s1. The number of fused-ring (bicyclic) bond motifs is 1. The molecule has 2 aliphatic rings. The summed E-state index contributed by atoms with van der Waals surface area (Å²) >= 11 is 0. The van der Waals surface area contributed by atoms with E-state index in [2.05, 4.69) is 10.6 Å². The van der Waals surface area contributed by atoms with E-state index in [1.807, 2.05) is 6.92 Å². The first-order chi connectivity index (χ1) is 9.65. The number of ether oxygens (including phenoxy) is 1. The molecular weight excluding hydrogens is 295 g/mol. The summed E-state index contributed by atoms with van der Waals surface area (Å²) in [6.45, 7) is 3.22. The minimum absolute atomic E-state index is 0. The van der Waals surface area contributed by atoms with Gasteiger partial charge in [0, 0.05) is 6.54 Å². The van der Waals surface area contributed by atoms with E-state index in [-0.39, 0.29) is 42.3 Å². The van der Waals surface area contributed by atoms with E-state index >= 15 is 0 Å². The summed E-state index contributed by atoms with van der Waals surface area (Å²) < 4.78 is 18.7. The average Bonchev–Trinajstić information content (AvgIpc) is 2.81. The van der Waals surface area contributed by atoms with E-state index in [0.717, 1.165) is 24.0 Å². The highest BCUT2D eigenvalue weighted by Gasteiger charge is 2.31. The van der Waals surface area contributed by atoms with Crippen LogP contribution in [-0.4, -0.2) is 31.2 Å². The van der Waals surface area contributed by atoms with Gasteiger partial charge in [-0.2, -0.15) is 0 Å². The fourth-order valence-electron chi connectivity index (χ4n) is 3.02. The lowest BCUT2D eigenvalue weighted by Crippen LogP contribution is -2.55. The van der Waals surface area contributed by atoms with Gasteiger partial charge in [0.25, 0.3) is 0 Å². The van der Waals surface area contributed by atoms with Crippen LogP contribution in [0.4, 0.5) is 4.39 Å². The summed E-state index contributed by atoms with van der Waals surface area (Å²) in [5.41, 5.74) is 2.03. The van der Waals surface area contributed by atoms with Crippen molar-refractivity contribution in [3.05, 3.63) is 35.1 Å². The predicted molar refractivity (Wildman–Crippen MR) is 80.1 cm³/mol. The van der Waals surface area contributed by atoms with Gasteiger partial charge in [-0.15, -0.1) is 12.4 Å². The lowest BCUT2D eigenvalue weighted by Gasteiger charge is -2.30. The summed E-state index contributed by atoms with van der Waals surface area (Å²) in [5.74, 6) is -0.258. The highest BCUT2D eigenvalue weighted by molar-refractivity contribution is 5.85. The number of amides is 1. The molecule has 4 nitrogen and oxygen atoms in total. The van der Waals surface area contributed by atoms with Gasteiger partial charge in [0.1, 0.15) is 11.9 Å². The van der Waals surface area contributed by atoms with Crippen LogP contribution in [0.2, 0.25) is 0 Å². The Balaban J connectivity index is 0.00000161. The Morgan fingerprint density at radius 3 is 3.05 bits per heavy atom. The Morgan fingerprint density at radius 2 is 2.29 bits per heavy atom. The van der Waals surface area contributed by atoms with E-state index in [0.29, 0.717) is 13.2 Å². The lowest BCUT2D eigenvalue weighted by atomic mass is 10.1. The number of rotatable bonds is 2. The molecule has 116 valence electrons. The first-order valence-electron chi connectivity index (χ1n) is 7.09. The zero-order valence-corrected chi connectivity index (χ0v) is 12.7. The average molecular weight is 315 g/mol. The topological polar surface area (TPSA) is 50.4 Å². The maximum Gasteiger partial charge on any atom is 0.240 e. The molecule has 1 saturated heterocycles. The summed E-state index contributed by atoms with van der Waals surface area (Å²) in [6.07, 6.45) is 1.51. The maximum atomic E-state index is 13.2. The largest absolute Gasteiger partial charge is 0.375 e. The molecule has 1 unspecified atom stereocenters. The van der Waals surface area contributed by atoms with Crippen molar-refractivity contribution in [3.8, 4) is 0 Å². The molecule has 0 saturated carbocycles. The molecule has 1 fully saturated rings. The summed E-state index contributed by atoms with van der Waals surface area (Å²) in [4.78, 5) is 12.3. The number of benzene rings is 1. The molecule has 3 rings (SSSR count). The highest BCUT2D eigenvalue weighted by Crippen LogP contribution is 2.31. The van der Waals surface area contributed by atoms with E-state index in [9.17, 15) is 9.18 Å². The SMILES string of the molecule is C[C@H]1OCCN[C@@H]1C(=O)NC1CCc2cc(F)ccc21.Cl. The van der Waals surface area contributed by atoms with Gasteiger partial charge in [-0.1, -0.05) is 6.07 Å². The number of hydrogen-bond acceptors (Lipinski definition) is 3. The van der Waals surface area contributed by atoms with Crippen LogP contribution in [0.5, 0.6) is 0 Å². The highest BCUT2D eigenvalue weighted by atomic mass is 35.5. The van der Waals surface area contributed by atoms with Crippen molar-refractivity contribution in [2.75, 3.05) is 13.2 Å². The third-order valence-corrected chi connectivity index (χ3v) is 4.10. The number of carbonyl (C=O) groups is 1. The molecule has 1 amide bonds. The fourth-order valence-corrected chi connectivity index (χ4v) is 3.02. The first kappa shape index (κ1) is 16.2. The second kappa shape index (κ2) is 6.73. The van der Waals surface area contributed by atoms with Crippen molar-refractivity contribution < 1.29 is 13.9 Å². The Morgan fingerprint density at radius 1 is 1.48 bits per heavy atom. The quantitative estimate of drug-likeness (QED) is 0.874. The number of hydrogen-bond donors (Lipinski definition) is 2. The minimum Gasteiger partial charge on any atom is -0.375 e. The van der Waals surface area contributed by atoms with Crippen molar-refractivity contribution in [3.63, 3.8) is 0 Å². The molecule has 21 heavy (non-hydrogen) atoms. The Kier molecular flexibility index (Phi) is 5.19. The van der Waals surface area contributed by atoms with Crippen LogP contribution in [0.1, 0.15) is 30.5 Å². The van der Waals surface area contributed by atoms with Crippen molar-refractivity contribution >= 4 is 18.3 Å². The molecule has 0 bridgehead atoms. The predicted octanol–water partition coefficient (Wildman–Crippen LogP) is 1.73. The van der Waals surface area contributed by atoms with Gasteiger partial charge in [0.05, 0.1) is 18.8 Å². The Hall–Kier alpha value is -1.17. The summed E-state index contributed by atoms with van der Waals surface area (Å²) in [7, 11) is 0. The monoisotopic (exact) mass is 314 g/mol. The fraction of sp³-hybridized carbons (Fsp3) is 0.533. The lowest BCUT2D eigenvalue weighted by molar-refractivity contribution is -0.129. The van der Waals surface area contributed by atoms with Gasteiger partial charge < -0.3 is 15.4 Å². The third kappa shape index (κ3) is 3.36. The number of halogens is 2. The first-order valence-corrected chi connectivity index (χ1v) is 7.09. The van der Waals surface area contributed by atoms with Crippen molar-refractivity contribution in [2.45, 2.75) is 38.0 Å². The normalized spacial score (nSPS) is 27.6. The summed E-state index contributed by atoms with van der Waals surface area (Å²) in [6, 6.07) is 4.46. The van der Waals surface area contributed by atoms with Crippen LogP contribution < -0.4 is 10.6 Å². The van der Waals surface area contributed by atoms with Gasteiger partial charge >= 0.3 is 0 Å². The zero-order valence-electron chi connectivity index (χ0n) is 11.9. The molecule has 0 spiro atoms. The molecule has 0 aromatic heterocycles. The van der Waals surface area contributed by atoms with Crippen LogP contribution in [0, 0.1) is 5.82 Å². The van der Waals surface area contributed by atoms with Crippen molar-refractivity contribution in [1.29, 1.82) is 0 Å². The van der Waals surface area contributed by atoms with E-state index < -0.39 is 0 Å². The van der Waals surface area contributed by atoms with Gasteiger partial charge in [-0.05, 0) is 43.0 Å². The van der Waals surface area contributed by atoms with Gasteiger partial charge in [0.15, 0.2) is 0 Å². The smallest absolute Gasteiger partial charge is 0.240 e. The molecule has 1 aliphatic heterocycles. The van der Waals surface area contributed by atoms with Gasteiger partial charge in [-0.3, -0.25) is 4.79 Å². The van der Waals surface area contributed by atoms with Crippen LogP contribution in [0.25, 0.3) is 0 Å². The zero-order chi connectivity index (χ0) is 14.1. The van der Waals surface area contributed by atoms with Crippen LogP contribution >= 0.6 is 12.4 Å². The van der Waals surface area contributed by atoms with Crippen molar-refractivity contribution in [1.82, 2.24) is 10.6 Å². The van der Waals surface area contributed by atoms with E-state index in [1.165, 1.54) is 6.07 Å². The minimum atomic E-state index is -0.312. The van der Waals surface area contributed by atoms with Gasteiger partial charge in [0.2, 0.25) is 5.91 Å². The molecule has 3 atom stereocenters. The van der Waals surface area contributed by atoms with Gasteiger partial charge in [-0.25, -0.2) is 4.39 Å². The second-order valence-corrected chi connectivity index (χ2v) is 5.45. The molecule has 1 heterocycles. The third-order valence-electron chi connectivity index (χ3n) is 4.10. The van der Waals surface area contributed by atoms with E-state index in [1.54, 1.807) is 12.1 Å². The maximum absolute atomic E-state index is 13.2. The molecule has 1 aliphatic carbocycles. The second-order valence-electron chi connectivity index (χ2n) is 5.45. The van der Waals surface area contributed by atoms with Crippen LogP contribution in [0.3, 0.4) is 0 Å². The molecule has 1 aromatic carbocycles. The number of morpholine rings is 1. The number of nitrogens with one attached hydrogen (secondary N) is 2. The molecule has 1 aromatic rings. The summed E-state index contributed by atoms with van der Waals surface area (Å²) in [5, 5.41) is 6.23. The molecule has 6 heteroatoms. The Bertz CT molecular complexity index is 526. The number of aryl methyl sites for hydroxylation is 1. The van der Waals surface area contributed by atoms with Crippen LogP contribution in [0.15, 0.2) is 18.2 Å². The van der Waals surface area contributed by atoms with Crippen LogP contribution in [-0.2, 0) is 16.0 Å². The molecule has 0 radical (unpaired) electrons. The molecular formula is C15H20ClFN2O2. The van der Waals surface area contributed by atoms with Crippen molar-refractivity contribution in [2.24, 2.45) is 0 Å². The van der Waals surface area contributed by atoms with E-state index in [4.69, 9.17) is 4.74 Å². The number of carbonyl (C=O) groups excluding carboxylic acids is 1. The Labute approximate surface area is 129 Å².